The molecule has 0 radical (unpaired) electrons. The van der Waals surface area contributed by atoms with Gasteiger partial charge in [-0.15, -0.1) is 0 Å². The van der Waals surface area contributed by atoms with Crippen LogP contribution in [0.25, 0.3) is 11.2 Å². The van der Waals surface area contributed by atoms with Crippen LogP contribution < -0.4 is 5.73 Å². The van der Waals surface area contributed by atoms with E-state index in [1.54, 1.807) is 0 Å². The van der Waals surface area contributed by atoms with Crippen molar-refractivity contribution in [2.45, 2.75) is 24.7 Å². The summed E-state index contributed by atoms with van der Waals surface area (Å²) in [7, 11) is 0. The van der Waals surface area contributed by atoms with Gasteiger partial charge in [0.25, 0.3) is 0 Å². The van der Waals surface area contributed by atoms with Gasteiger partial charge in [0, 0.05) is 5.41 Å². The van der Waals surface area contributed by atoms with Crippen LogP contribution in [-0.2, 0) is 0 Å². The Morgan fingerprint density at radius 1 is 1.43 bits per heavy atom. The topological polar surface area (TPSA) is 130 Å². The number of aromatic nitrogens is 4. The fourth-order valence-electron chi connectivity index (χ4n) is 3.68. The summed E-state index contributed by atoms with van der Waals surface area (Å²) >= 11 is 0. The van der Waals surface area contributed by atoms with E-state index >= 15 is 0 Å². The van der Waals surface area contributed by atoms with E-state index in [-0.39, 0.29) is 29.5 Å². The Morgan fingerprint density at radius 3 is 2.86 bits per heavy atom. The van der Waals surface area contributed by atoms with E-state index in [0.717, 1.165) is 0 Å². The van der Waals surface area contributed by atoms with Gasteiger partial charge in [0.2, 0.25) is 0 Å². The molecule has 2 heterocycles. The zero-order valence-corrected chi connectivity index (χ0v) is 10.9. The van der Waals surface area contributed by atoms with Gasteiger partial charge < -0.3 is 25.6 Å². The number of nitrogens with zero attached hydrogens (tertiary/aromatic N) is 4. The number of aliphatic hydroxyl groups excluding tert-OH is 3. The van der Waals surface area contributed by atoms with E-state index in [1.807, 2.05) is 0 Å². The van der Waals surface area contributed by atoms with E-state index in [4.69, 9.17) is 5.73 Å². The highest BCUT2D eigenvalue weighted by Crippen LogP contribution is 2.67. The lowest BCUT2D eigenvalue weighted by molar-refractivity contribution is -0.0300. The summed E-state index contributed by atoms with van der Waals surface area (Å²) < 4.78 is 14.9. The third-order valence-corrected chi connectivity index (χ3v) is 4.89. The molecular formula is C12H14FN5O3. The molecule has 2 saturated carbocycles. The molecule has 0 spiro atoms. The van der Waals surface area contributed by atoms with E-state index in [1.165, 1.54) is 10.9 Å². The highest BCUT2D eigenvalue weighted by atomic mass is 19.1. The lowest BCUT2D eigenvalue weighted by atomic mass is 10.0. The third-order valence-electron chi connectivity index (χ3n) is 4.89. The van der Waals surface area contributed by atoms with Gasteiger partial charge in [-0.1, -0.05) is 0 Å². The van der Waals surface area contributed by atoms with Crippen LogP contribution >= 0.6 is 0 Å². The molecule has 0 bridgehead atoms. The predicted molar refractivity (Wildman–Crippen MR) is 68.4 cm³/mol. The van der Waals surface area contributed by atoms with Crippen LogP contribution in [0.15, 0.2) is 6.33 Å². The maximum absolute atomic E-state index is 13.4. The van der Waals surface area contributed by atoms with Crippen molar-refractivity contribution in [3.05, 3.63) is 12.4 Å². The van der Waals surface area contributed by atoms with E-state index < -0.39 is 29.7 Å². The Balaban J connectivity index is 1.85. The van der Waals surface area contributed by atoms with Crippen molar-refractivity contribution in [3.8, 4) is 0 Å². The number of rotatable bonds is 2. The maximum atomic E-state index is 13.4. The zero-order valence-electron chi connectivity index (χ0n) is 10.9. The maximum Gasteiger partial charge on any atom is 0.312 e. The lowest BCUT2D eigenvalue weighted by Gasteiger charge is -2.23. The van der Waals surface area contributed by atoms with Gasteiger partial charge in [0.1, 0.15) is 11.6 Å². The summed E-state index contributed by atoms with van der Waals surface area (Å²) in [6.45, 7) is -0.204. The molecule has 2 aromatic heterocycles. The molecule has 9 heteroatoms. The minimum absolute atomic E-state index is 0.0755. The van der Waals surface area contributed by atoms with Crippen LogP contribution in [0, 0.1) is 17.4 Å². The van der Waals surface area contributed by atoms with Crippen molar-refractivity contribution in [1.82, 2.24) is 19.5 Å². The molecule has 0 unspecified atom stereocenters. The van der Waals surface area contributed by atoms with Crippen molar-refractivity contribution >= 4 is 17.0 Å². The van der Waals surface area contributed by atoms with Crippen LogP contribution in [0.2, 0.25) is 0 Å². The van der Waals surface area contributed by atoms with Gasteiger partial charge in [-0.3, -0.25) is 0 Å². The molecule has 5 N–H and O–H groups in total. The van der Waals surface area contributed by atoms with Gasteiger partial charge >= 0.3 is 6.08 Å². The van der Waals surface area contributed by atoms with Crippen LogP contribution in [0.3, 0.4) is 0 Å². The van der Waals surface area contributed by atoms with Crippen molar-refractivity contribution in [3.63, 3.8) is 0 Å². The quantitative estimate of drug-likeness (QED) is 0.513. The number of nitrogens with two attached hydrogens (primary N) is 1. The van der Waals surface area contributed by atoms with Gasteiger partial charge in [0.15, 0.2) is 11.5 Å². The second-order valence-electron chi connectivity index (χ2n) is 5.83. The van der Waals surface area contributed by atoms with Gasteiger partial charge in [-0.25, -0.2) is 4.98 Å². The van der Waals surface area contributed by atoms with Crippen LogP contribution in [0.5, 0.6) is 0 Å². The van der Waals surface area contributed by atoms with E-state index in [2.05, 4.69) is 15.0 Å². The summed E-state index contributed by atoms with van der Waals surface area (Å²) in [6, 6.07) is -0.522. The summed E-state index contributed by atoms with van der Waals surface area (Å²) in [5.41, 5.74) is 5.35. The summed E-state index contributed by atoms with van der Waals surface area (Å²) in [6.07, 6.45) is -1.08. The highest BCUT2D eigenvalue weighted by Gasteiger charge is 2.71. The fourth-order valence-corrected chi connectivity index (χ4v) is 3.68. The normalized spacial score (nSPS) is 37.9. The van der Waals surface area contributed by atoms with E-state index in [0.29, 0.717) is 6.42 Å². The molecule has 112 valence electrons. The van der Waals surface area contributed by atoms with Gasteiger partial charge in [-0.05, 0) is 12.3 Å². The lowest BCUT2D eigenvalue weighted by Crippen LogP contribution is -2.35. The summed E-state index contributed by atoms with van der Waals surface area (Å²) in [4.78, 5) is 11.2. The standard InChI is InChI=1S/C12H14FN5O3/c13-11-16-9(14)5-10(17-11)18(3-15-5)6-4-1-12(4,2-19)8(21)7(6)20/h3-4,6-8,19-21H,1-2H2,(H2,14,16,17)/t4-,6-,7-,8-,12+/m1/s1. The Bertz CT molecular complexity index is 737. The van der Waals surface area contributed by atoms with Crippen LogP contribution in [0.1, 0.15) is 12.5 Å². The summed E-state index contributed by atoms with van der Waals surface area (Å²) in [5, 5.41) is 29.9. The number of imidazole rings is 1. The fraction of sp³-hybridized carbons (Fsp3) is 0.583. The number of nitrogen functional groups attached to an aromatic ring is 1. The first-order chi connectivity index (χ1) is 9.99. The average Bonchev–Trinajstić information content (AvgIpc) is 2.97. The average molecular weight is 295 g/mol. The molecule has 2 aromatic rings. The number of aliphatic hydroxyl groups is 3. The zero-order chi connectivity index (χ0) is 14.9. The number of fused-ring (bicyclic) bond motifs is 2. The van der Waals surface area contributed by atoms with Crippen molar-refractivity contribution in [2.75, 3.05) is 12.3 Å². The Kier molecular flexibility index (Phi) is 2.37. The monoisotopic (exact) mass is 295 g/mol. The second-order valence-corrected chi connectivity index (χ2v) is 5.83. The molecule has 2 fully saturated rings. The minimum Gasteiger partial charge on any atom is -0.396 e. The van der Waals surface area contributed by atoms with Crippen molar-refractivity contribution in [1.29, 1.82) is 0 Å². The smallest absolute Gasteiger partial charge is 0.312 e. The number of halogens is 1. The molecule has 0 aromatic carbocycles. The molecule has 4 rings (SSSR count). The molecule has 0 aliphatic heterocycles. The number of hydrogen-bond acceptors (Lipinski definition) is 7. The summed E-state index contributed by atoms with van der Waals surface area (Å²) in [5.74, 6) is -0.183. The highest BCUT2D eigenvalue weighted by molar-refractivity contribution is 5.81. The Labute approximate surface area is 118 Å². The first-order valence-electron chi connectivity index (χ1n) is 6.62. The molecule has 0 saturated heterocycles. The first-order valence-corrected chi connectivity index (χ1v) is 6.62. The molecule has 21 heavy (non-hydrogen) atoms. The third kappa shape index (κ3) is 1.45. The molecule has 2 aliphatic carbocycles. The number of hydrogen-bond donors (Lipinski definition) is 4. The SMILES string of the molecule is Nc1nc(F)nc2c1ncn2[C@H]1[C@@H](O)[C@@H](O)[C@]2(CO)C[C@H]12. The molecule has 5 atom stereocenters. The Hall–Kier alpha value is -1.84. The first kappa shape index (κ1) is 12.9. The van der Waals surface area contributed by atoms with E-state index in [9.17, 15) is 19.7 Å². The molecule has 8 nitrogen and oxygen atoms in total. The van der Waals surface area contributed by atoms with Gasteiger partial charge in [-0.2, -0.15) is 14.4 Å². The Morgan fingerprint density at radius 2 is 2.19 bits per heavy atom. The van der Waals surface area contributed by atoms with Crippen molar-refractivity contribution in [2.24, 2.45) is 11.3 Å². The predicted octanol–water partition coefficient (Wildman–Crippen LogP) is -1.18. The molecule has 2 aliphatic rings. The van der Waals surface area contributed by atoms with Crippen molar-refractivity contribution < 1.29 is 19.7 Å². The van der Waals surface area contributed by atoms with Gasteiger partial charge in [0.05, 0.1) is 25.1 Å². The van der Waals surface area contributed by atoms with Crippen LogP contribution in [-0.4, -0.2) is 53.7 Å². The number of anilines is 1. The minimum atomic E-state index is -1.08. The molecule has 0 amide bonds. The molecular weight excluding hydrogens is 281 g/mol. The largest absolute Gasteiger partial charge is 0.396 e. The second kappa shape index (κ2) is 3.87. The van der Waals surface area contributed by atoms with Crippen LogP contribution in [0.4, 0.5) is 10.2 Å².